The second-order valence-corrected chi connectivity index (χ2v) is 5.94. The van der Waals surface area contributed by atoms with Gasteiger partial charge in [-0.3, -0.25) is 0 Å². The van der Waals surface area contributed by atoms with Crippen LogP contribution >= 0.6 is 0 Å². The van der Waals surface area contributed by atoms with Gasteiger partial charge in [-0.2, -0.15) is 0 Å². The molecule has 0 bridgehead atoms. The van der Waals surface area contributed by atoms with E-state index < -0.39 is 0 Å². The summed E-state index contributed by atoms with van der Waals surface area (Å²) >= 11 is 0. The van der Waals surface area contributed by atoms with E-state index in [4.69, 9.17) is 4.74 Å². The van der Waals surface area contributed by atoms with Crippen LogP contribution in [0.3, 0.4) is 0 Å². The van der Waals surface area contributed by atoms with E-state index in [0.29, 0.717) is 0 Å². The number of allylic oxidation sites excluding steroid dienone is 1. The third kappa shape index (κ3) is 17.5. The van der Waals surface area contributed by atoms with E-state index in [-0.39, 0.29) is 0 Å². The van der Waals surface area contributed by atoms with Gasteiger partial charge in [-0.25, -0.2) is 0 Å². The van der Waals surface area contributed by atoms with Crippen molar-refractivity contribution in [2.45, 2.75) is 104 Å². The Balaban J connectivity index is 2.92. The summed E-state index contributed by atoms with van der Waals surface area (Å²) < 4.78 is 5.31. The summed E-state index contributed by atoms with van der Waals surface area (Å²) in [6.07, 6.45) is 23.5. The maximum Gasteiger partial charge on any atom is 0.0873 e. The van der Waals surface area contributed by atoms with Crippen LogP contribution in [-0.2, 0) is 4.74 Å². The van der Waals surface area contributed by atoms with Crippen molar-refractivity contribution in [3.8, 4) is 0 Å². The zero-order valence-corrected chi connectivity index (χ0v) is 14.2. The van der Waals surface area contributed by atoms with Gasteiger partial charge in [-0.1, -0.05) is 96.5 Å². The molecule has 0 aromatic carbocycles. The molecule has 0 saturated carbocycles. The second kappa shape index (κ2) is 18.5. The van der Waals surface area contributed by atoms with E-state index in [1.165, 1.54) is 89.9 Å². The van der Waals surface area contributed by atoms with Crippen molar-refractivity contribution in [1.29, 1.82) is 0 Å². The number of unbranched alkanes of at least 4 members (excludes halogenated alkanes) is 13. The molecule has 20 heavy (non-hydrogen) atoms. The molecule has 0 amide bonds. The fourth-order valence-electron chi connectivity index (χ4n) is 2.54. The summed E-state index contributed by atoms with van der Waals surface area (Å²) in [5.41, 5.74) is 0. The zero-order chi connectivity index (χ0) is 14.7. The molecule has 0 atom stereocenters. The quantitative estimate of drug-likeness (QED) is 0.218. The van der Waals surface area contributed by atoms with Gasteiger partial charge in [0, 0.05) is 0 Å². The Labute approximate surface area is 128 Å². The average molecular weight is 283 g/mol. The Kier molecular flexibility index (Phi) is 18.1. The minimum atomic E-state index is 0.891. The molecule has 0 aromatic rings. The molecular weight excluding hydrogens is 244 g/mol. The zero-order valence-electron chi connectivity index (χ0n) is 14.2. The van der Waals surface area contributed by atoms with Gasteiger partial charge in [0.1, 0.15) is 0 Å². The van der Waals surface area contributed by atoms with Crippen molar-refractivity contribution < 1.29 is 4.74 Å². The van der Waals surface area contributed by atoms with Gasteiger partial charge in [0.15, 0.2) is 0 Å². The van der Waals surface area contributed by atoms with Gasteiger partial charge < -0.3 is 4.74 Å². The van der Waals surface area contributed by atoms with Crippen molar-refractivity contribution in [3.63, 3.8) is 0 Å². The molecule has 0 rings (SSSR count). The van der Waals surface area contributed by atoms with E-state index in [1.807, 2.05) is 13.0 Å². The van der Waals surface area contributed by atoms with Gasteiger partial charge >= 0.3 is 0 Å². The van der Waals surface area contributed by atoms with Gasteiger partial charge in [0.25, 0.3) is 0 Å². The van der Waals surface area contributed by atoms with Crippen LogP contribution in [0.2, 0.25) is 0 Å². The Bertz CT molecular complexity index is 186. The Morgan fingerprint density at radius 3 is 1.40 bits per heavy atom. The fraction of sp³-hybridized carbons (Fsp3) is 0.895. The Morgan fingerprint density at radius 2 is 1.00 bits per heavy atom. The number of hydrogen-bond donors (Lipinski definition) is 0. The molecule has 0 N–H and O–H groups in total. The molecule has 0 fully saturated rings. The molecule has 0 spiro atoms. The standard InChI is InChI=1S/C19H38O/c1-3-5-6-7-8-9-10-11-12-13-14-15-16-17-19-20-18-4-2/h4,18H,3,5-17,19H2,1-2H3/b18-4+. The average Bonchev–Trinajstić information content (AvgIpc) is 2.47. The topological polar surface area (TPSA) is 9.23 Å². The first-order valence-corrected chi connectivity index (χ1v) is 9.14. The van der Waals surface area contributed by atoms with Crippen LogP contribution in [0.4, 0.5) is 0 Å². The number of ether oxygens (including phenoxy) is 1. The minimum absolute atomic E-state index is 0.891. The Hall–Kier alpha value is -0.460. The normalized spacial score (nSPS) is 11.3. The molecule has 0 heterocycles. The van der Waals surface area contributed by atoms with Crippen molar-refractivity contribution in [3.05, 3.63) is 12.3 Å². The maximum atomic E-state index is 5.31. The summed E-state index contributed by atoms with van der Waals surface area (Å²) in [6, 6.07) is 0. The highest BCUT2D eigenvalue weighted by atomic mass is 16.5. The fourth-order valence-corrected chi connectivity index (χ4v) is 2.54. The van der Waals surface area contributed by atoms with Crippen LogP contribution < -0.4 is 0 Å². The predicted octanol–water partition coefficient (Wildman–Crippen LogP) is 7.02. The van der Waals surface area contributed by atoms with Crippen LogP contribution in [0.15, 0.2) is 12.3 Å². The predicted molar refractivity (Wildman–Crippen MR) is 91.1 cm³/mol. The lowest BCUT2D eigenvalue weighted by Crippen LogP contribution is -1.88. The van der Waals surface area contributed by atoms with Gasteiger partial charge in [0.2, 0.25) is 0 Å². The summed E-state index contributed by atoms with van der Waals surface area (Å²) in [6.45, 7) is 5.17. The monoisotopic (exact) mass is 282 g/mol. The minimum Gasteiger partial charge on any atom is -0.502 e. The molecule has 0 radical (unpaired) electrons. The van der Waals surface area contributed by atoms with Crippen molar-refractivity contribution >= 4 is 0 Å². The van der Waals surface area contributed by atoms with E-state index >= 15 is 0 Å². The van der Waals surface area contributed by atoms with Gasteiger partial charge in [-0.15, -0.1) is 0 Å². The third-order valence-electron chi connectivity index (χ3n) is 3.85. The third-order valence-corrected chi connectivity index (χ3v) is 3.85. The maximum absolute atomic E-state index is 5.31. The van der Waals surface area contributed by atoms with Gasteiger partial charge in [0.05, 0.1) is 12.9 Å². The summed E-state index contributed by atoms with van der Waals surface area (Å²) in [7, 11) is 0. The summed E-state index contributed by atoms with van der Waals surface area (Å²) in [5.74, 6) is 0. The van der Waals surface area contributed by atoms with Crippen LogP contribution in [-0.4, -0.2) is 6.61 Å². The lowest BCUT2D eigenvalue weighted by Gasteiger charge is -2.03. The van der Waals surface area contributed by atoms with Gasteiger partial charge in [-0.05, 0) is 13.3 Å². The molecule has 0 aliphatic heterocycles. The van der Waals surface area contributed by atoms with Crippen LogP contribution in [0.5, 0.6) is 0 Å². The lowest BCUT2D eigenvalue weighted by atomic mass is 10.0. The van der Waals surface area contributed by atoms with Crippen molar-refractivity contribution in [2.24, 2.45) is 0 Å². The first-order chi connectivity index (χ1) is 9.91. The first-order valence-electron chi connectivity index (χ1n) is 9.14. The van der Waals surface area contributed by atoms with E-state index in [2.05, 4.69) is 6.92 Å². The van der Waals surface area contributed by atoms with E-state index in [0.717, 1.165) is 6.61 Å². The summed E-state index contributed by atoms with van der Waals surface area (Å²) in [4.78, 5) is 0. The highest BCUT2D eigenvalue weighted by Crippen LogP contribution is 2.12. The molecular formula is C19H38O. The molecule has 0 aromatic heterocycles. The van der Waals surface area contributed by atoms with Crippen LogP contribution in [0.25, 0.3) is 0 Å². The van der Waals surface area contributed by atoms with E-state index in [1.54, 1.807) is 6.26 Å². The largest absolute Gasteiger partial charge is 0.502 e. The molecule has 0 saturated heterocycles. The molecule has 1 heteroatoms. The second-order valence-electron chi connectivity index (χ2n) is 5.94. The molecule has 0 unspecified atom stereocenters. The number of hydrogen-bond acceptors (Lipinski definition) is 1. The van der Waals surface area contributed by atoms with Crippen LogP contribution in [0.1, 0.15) is 104 Å². The molecule has 1 nitrogen and oxygen atoms in total. The Morgan fingerprint density at radius 1 is 0.600 bits per heavy atom. The first kappa shape index (κ1) is 19.5. The number of rotatable bonds is 16. The highest BCUT2D eigenvalue weighted by Gasteiger charge is 1.93. The van der Waals surface area contributed by atoms with E-state index in [9.17, 15) is 0 Å². The summed E-state index contributed by atoms with van der Waals surface area (Å²) in [5, 5.41) is 0. The smallest absolute Gasteiger partial charge is 0.0873 e. The molecule has 0 aliphatic rings. The van der Waals surface area contributed by atoms with Crippen LogP contribution in [0, 0.1) is 0 Å². The molecule has 0 aliphatic carbocycles. The van der Waals surface area contributed by atoms with Crippen molar-refractivity contribution in [2.75, 3.05) is 6.61 Å². The SMILES string of the molecule is C/C=C/OCCCCCCCCCCCCCCCC. The highest BCUT2D eigenvalue weighted by molar-refractivity contribution is 4.64. The van der Waals surface area contributed by atoms with Crippen molar-refractivity contribution in [1.82, 2.24) is 0 Å². The molecule has 120 valence electrons. The lowest BCUT2D eigenvalue weighted by molar-refractivity contribution is 0.240.